The summed E-state index contributed by atoms with van der Waals surface area (Å²) in [6.45, 7) is 19.5. The van der Waals surface area contributed by atoms with Crippen molar-refractivity contribution in [3.05, 3.63) is 0 Å². The van der Waals surface area contributed by atoms with E-state index in [0.717, 1.165) is 39.3 Å². The van der Waals surface area contributed by atoms with Crippen LogP contribution in [0.2, 0.25) is 0 Å². The molecule has 6 nitrogen and oxygen atoms in total. The van der Waals surface area contributed by atoms with Crippen LogP contribution in [0, 0.1) is 0 Å². The normalized spacial score (nSPS) is 22.2. The van der Waals surface area contributed by atoms with Crippen molar-refractivity contribution in [2.45, 2.75) is 26.3 Å². The van der Waals surface area contributed by atoms with Gasteiger partial charge in [-0.2, -0.15) is 0 Å². The first-order valence-corrected chi connectivity index (χ1v) is 9.48. The molecule has 0 aromatic rings. The number of rotatable bonds is 5. The first-order chi connectivity index (χ1) is 11.3. The predicted octanol–water partition coefficient (Wildman–Crippen LogP) is -0.152. The number of likely N-dealkylation sites (N-methyl/N-ethyl adjacent to an activating group) is 2. The maximum Gasteiger partial charge on any atom is 0.0558 e. The second-order valence-corrected chi connectivity index (χ2v) is 8.19. The van der Waals surface area contributed by atoms with E-state index < -0.39 is 0 Å². The van der Waals surface area contributed by atoms with Gasteiger partial charge in [-0.05, 0) is 34.9 Å². The van der Waals surface area contributed by atoms with Gasteiger partial charge in [0.25, 0.3) is 0 Å². The standard InChI is InChI=1S/C11H25N3.C7H16N2O/c1-11(2,3)12-5-6-14-9-7-13(4)8-10-14;1-8-2-4-9(5-3-8)6-7-10/h12H,5-10H2,1-4H3;10H,2-7H2,1H3. The van der Waals surface area contributed by atoms with Crippen molar-refractivity contribution in [1.82, 2.24) is 24.9 Å². The lowest BCUT2D eigenvalue weighted by molar-refractivity contribution is 0.128. The lowest BCUT2D eigenvalue weighted by Crippen LogP contribution is -2.48. The number of hydrogen-bond donors (Lipinski definition) is 2. The van der Waals surface area contributed by atoms with Crippen molar-refractivity contribution in [3.63, 3.8) is 0 Å². The first kappa shape index (κ1) is 21.8. The zero-order chi connectivity index (χ0) is 18.0. The highest BCUT2D eigenvalue weighted by molar-refractivity contribution is 4.74. The third kappa shape index (κ3) is 10.6. The maximum absolute atomic E-state index is 8.63. The van der Waals surface area contributed by atoms with Gasteiger partial charge in [-0.1, -0.05) is 0 Å². The zero-order valence-electron chi connectivity index (χ0n) is 16.7. The summed E-state index contributed by atoms with van der Waals surface area (Å²) in [4.78, 5) is 9.54. The Balaban J connectivity index is 0.000000254. The maximum atomic E-state index is 8.63. The number of aliphatic hydroxyl groups excluding tert-OH is 1. The van der Waals surface area contributed by atoms with E-state index in [-0.39, 0.29) is 5.54 Å². The Morgan fingerprint density at radius 1 is 0.750 bits per heavy atom. The third-order valence-electron chi connectivity index (χ3n) is 4.69. The highest BCUT2D eigenvalue weighted by atomic mass is 16.3. The van der Waals surface area contributed by atoms with Crippen LogP contribution in [0.3, 0.4) is 0 Å². The highest BCUT2D eigenvalue weighted by Crippen LogP contribution is 2.00. The fraction of sp³-hybridized carbons (Fsp3) is 1.00. The molecule has 2 rings (SSSR count). The molecule has 2 aliphatic heterocycles. The molecule has 0 aliphatic carbocycles. The minimum absolute atomic E-state index is 0.257. The Morgan fingerprint density at radius 2 is 1.17 bits per heavy atom. The molecule has 0 amide bonds. The van der Waals surface area contributed by atoms with E-state index in [4.69, 9.17) is 5.11 Å². The summed E-state index contributed by atoms with van der Waals surface area (Å²) < 4.78 is 0. The number of nitrogens with zero attached hydrogens (tertiary/aromatic N) is 4. The Bertz CT molecular complexity index is 305. The van der Waals surface area contributed by atoms with Crippen LogP contribution in [-0.2, 0) is 0 Å². The molecule has 0 atom stereocenters. The summed E-state index contributed by atoms with van der Waals surface area (Å²) in [6, 6.07) is 0. The van der Waals surface area contributed by atoms with E-state index >= 15 is 0 Å². The molecule has 0 aromatic carbocycles. The molecule has 0 saturated carbocycles. The zero-order valence-corrected chi connectivity index (χ0v) is 16.7. The molecule has 2 heterocycles. The predicted molar refractivity (Wildman–Crippen MR) is 103 cm³/mol. The monoisotopic (exact) mass is 343 g/mol. The molecule has 2 saturated heterocycles. The van der Waals surface area contributed by atoms with Crippen molar-refractivity contribution in [1.29, 1.82) is 0 Å². The van der Waals surface area contributed by atoms with E-state index in [2.05, 4.69) is 59.8 Å². The van der Waals surface area contributed by atoms with Crippen LogP contribution in [0.25, 0.3) is 0 Å². The Kier molecular flexibility index (Phi) is 10.3. The van der Waals surface area contributed by atoms with Crippen molar-refractivity contribution < 1.29 is 5.11 Å². The van der Waals surface area contributed by atoms with E-state index in [1.54, 1.807) is 0 Å². The van der Waals surface area contributed by atoms with E-state index in [9.17, 15) is 0 Å². The number of piperazine rings is 2. The van der Waals surface area contributed by atoms with Gasteiger partial charge in [-0.3, -0.25) is 9.80 Å². The van der Waals surface area contributed by atoms with Gasteiger partial charge in [-0.15, -0.1) is 0 Å². The van der Waals surface area contributed by atoms with Crippen molar-refractivity contribution in [2.24, 2.45) is 0 Å². The average molecular weight is 344 g/mol. The van der Waals surface area contributed by atoms with Gasteiger partial charge >= 0.3 is 0 Å². The van der Waals surface area contributed by atoms with Crippen molar-refractivity contribution >= 4 is 0 Å². The molecule has 0 bridgehead atoms. The second kappa shape index (κ2) is 11.4. The van der Waals surface area contributed by atoms with Crippen LogP contribution in [0.5, 0.6) is 0 Å². The van der Waals surface area contributed by atoms with Gasteiger partial charge in [0, 0.05) is 77.5 Å². The van der Waals surface area contributed by atoms with Gasteiger partial charge in [-0.25, -0.2) is 0 Å². The lowest BCUT2D eigenvalue weighted by atomic mass is 10.1. The molecule has 144 valence electrons. The SMILES string of the molecule is CN1CCN(CCNC(C)(C)C)CC1.CN1CCN(CCO)CC1. The number of β-amino-alcohol motifs (C(OH)–C–C–N with tert-alkyl or cyclic N) is 1. The largest absolute Gasteiger partial charge is 0.395 e. The van der Waals surface area contributed by atoms with Crippen LogP contribution in [0.15, 0.2) is 0 Å². The summed E-state index contributed by atoms with van der Waals surface area (Å²) in [7, 11) is 4.33. The summed E-state index contributed by atoms with van der Waals surface area (Å²) in [6.07, 6.45) is 0. The Hall–Kier alpha value is -0.240. The van der Waals surface area contributed by atoms with Gasteiger partial charge in [0.15, 0.2) is 0 Å². The summed E-state index contributed by atoms with van der Waals surface area (Å²) in [5, 5.41) is 12.2. The molecule has 2 fully saturated rings. The highest BCUT2D eigenvalue weighted by Gasteiger charge is 2.14. The van der Waals surface area contributed by atoms with E-state index in [1.807, 2.05) is 0 Å². The molecule has 2 N–H and O–H groups in total. The molecular formula is C18H41N5O. The molecule has 0 spiro atoms. The number of aliphatic hydroxyl groups is 1. The molecule has 0 aromatic heterocycles. The summed E-state index contributed by atoms with van der Waals surface area (Å²) >= 11 is 0. The molecule has 0 radical (unpaired) electrons. The van der Waals surface area contributed by atoms with Crippen LogP contribution in [-0.4, -0.2) is 123 Å². The Morgan fingerprint density at radius 3 is 1.54 bits per heavy atom. The van der Waals surface area contributed by atoms with Crippen LogP contribution in [0.4, 0.5) is 0 Å². The van der Waals surface area contributed by atoms with E-state index in [0.29, 0.717) is 6.61 Å². The van der Waals surface area contributed by atoms with Crippen LogP contribution in [0.1, 0.15) is 20.8 Å². The summed E-state index contributed by atoms with van der Waals surface area (Å²) in [5.41, 5.74) is 0.257. The van der Waals surface area contributed by atoms with E-state index in [1.165, 1.54) is 32.7 Å². The molecule has 0 unspecified atom stereocenters. The quantitative estimate of drug-likeness (QED) is 0.724. The van der Waals surface area contributed by atoms with Gasteiger partial charge < -0.3 is 20.2 Å². The van der Waals surface area contributed by atoms with Crippen LogP contribution >= 0.6 is 0 Å². The Labute approximate surface area is 149 Å². The fourth-order valence-corrected chi connectivity index (χ4v) is 2.87. The average Bonchev–Trinajstić information content (AvgIpc) is 2.51. The number of nitrogens with one attached hydrogen (secondary N) is 1. The smallest absolute Gasteiger partial charge is 0.0558 e. The van der Waals surface area contributed by atoms with Crippen molar-refractivity contribution in [2.75, 3.05) is 92.7 Å². The minimum Gasteiger partial charge on any atom is -0.395 e. The lowest BCUT2D eigenvalue weighted by Gasteiger charge is -2.33. The molecular weight excluding hydrogens is 302 g/mol. The third-order valence-corrected chi connectivity index (χ3v) is 4.69. The van der Waals surface area contributed by atoms with Gasteiger partial charge in [0.05, 0.1) is 6.61 Å². The van der Waals surface area contributed by atoms with Crippen LogP contribution < -0.4 is 5.32 Å². The number of hydrogen-bond acceptors (Lipinski definition) is 6. The van der Waals surface area contributed by atoms with Crippen molar-refractivity contribution in [3.8, 4) is 0 Å². The topological polar surface area (TPSA) is 45.2 Å². The molecule has 2 aliphatic rings. The molecule has 6 heteroatoms. The van der Waals surface area contributed by atoms with Gasteiger partial charge in [0.2, 0.25) is 0 Å². The second-order valence-electron chi connectivity index (χ2n) is 8.19. The minimum atomic E-state index is 0.257. The summed E-state index contributed by atoms with van der Waals surface area (Å²) in [5.74, 6) is 0. The fourth-order valence-electron chi connectivity index (χ4n) is 2.87. The first-order valence-electron chi connectivity index (χ1n) is 9.48. The van der Waals surface area contributed by atoms with Gasteiger partial charge in [0.1, 0.15) is 0 Å². The molecule has 24 heavy (non-hydrogen) atoms.